The van der Waals surface area contributed by atoms with E-state index in [0.717, 1.165) is 45.7 Å². The van der Waals surface area contributed by atoms with Crippen LogP contribution >= 0.6 is 35.1 Å². The maximum absolute atomic E-state index is 13.3. The molecule has 0 aliphatic carbocycles. The molecule has 0 fully saturated rings. The van der Waals surface area contributed by atoms with Crippen molar-refractivity contribution in [3.63, 3.8) is 0 Å². The molecule has 0 spiro atoms. The number of likely N-dealkylation sites (N-methyl/N-ethyl adjacent to an activating group) is 1. The normalized spacial score (nSPS) is 11.0. The number of aryl methyl sites for hydroxylation is 2. The Morgan fingerprint density at radius 2 is 1.74 bits per heavy atom. The molecule has 0 aliphatic heterocycles. The predicted octanol–water partition coefficient (Wildman–Crippen LogP) is 4.78. The molecular weight excluding hydrogens is 400 g/mol. The van der Waals surface area contributed by atoms with Crippen molar-refractivity contribution in [2.45, 2.75) is 27.7 Å². The zero-order chi connectivity index (χ0) is 18.7. The number of hydrogen-bond acceptors (Lipinski definition) is 6. The molecule has 0 N–H and O–H groups in total. The van der Waals surface area contributed by atoms with Crippen molar-refractivity contribution < 1.29 is 4.79 Å². The lowest BCUT2D eigenvalue weighted by Crippen LogP contribution is -2.38. The minimum Gasteiger partial charge on any atom is -0.302 e. The fourth-order valence-electron chi connectivity index (χ4n) is 2.89. The van der Waals surface area contributed by atoms with Crippen molar-refractivity contribution in [1.82, 2.24) is 14.9 Å². The summed E-state index contributed by atoms with van der Waals surface area (Å²) in [5.74, 6) is -0.000637. The first-order valence-corrected chi connectivity index (χ1v) is 10.5. The Labute approximate surface area is 174 Å². The molecule has 3 aromatic rings. The third-order valence-electron chi connectivity index (χ3n) is 4.39. The van der Waals surface area contributed by atoms with Gasteiger partial charge in [-0.1, -0.05) is 37.3 Å². The average molecular weight is 425 g/mol. The highest BCUT2D eigenvalue weighted by Gasteiger charge is 2.25. The van der Waals surface area contributed by atoms with E-state index in [4.69, 9.17) is 4.98 Å². The quantitative estimate of drug-likeness (QED) is 0.547. The maximum atomic E-state index is 13.3. The lowest BCUT2D eigenvalue weighted by Gasteiger charge is -2.24. The number of carbonyl (C=O) groups excluding carboxylic acids is 1. The fourth-order valence-corrected chi connectivity index (χ4v) is 4.75. The highest BCUT2D eigenvalue weighted by Crippen LogP contribution is 2.30. The van der Waals surface area contributed by atoms with Crippen molar-refractivity contribution in [2.75, 3.05) is 31.1 Å². The van der Waals surface area contributed by atoms with Crippen LogP contribution < -0.4 is 4.90 Å². The Morgan fingerprint density at radius 1 is 1.04 bits per heavy atom. The van der Waals surface area contributed by atoms with Crippen LogP contribution in [0.3, 0.4) is 0 Å². The summed E-state index contributed by atoms with van der Waals surface area (Å²) in [6.07, 6.45) is 0. The molecule has 5 nitrogen and oxygen atoms in total. The van der Waals surface area contributed by atoms with Crippen molar-refractivity contribution in [3.8, 4) is 0 Å². The molecule has 1 amide bonds. The van der Waals surface area contributed by atoms with Gasteiger partial charge in [0, 0.05) is 13.1 Å². The number of fused-ring (bicyclic) bond motifs is 1. The van der Waals surface area contributed by atoms with Crippen LogP contribution in [0.25, 0.3) is 10.2 Å². The van der Waals surface area contributed by atoms with Gasteiger partial charge in [0.15, 0.2) is 5.13 Å². The number of halogens is 1. The lowest BCUT2D eigenvalue weighted by molar-refractivity contribution is 0.0987. The SMILES string of the molecule is CCN(CC)CCN(C(=O)c1sc(C)nc1C)c1nc2ccccc2s1.Cl. The maximum Gasteiger partial charge on any atom is 0.272 e. The van der Waals surface area contributed by atoms with E-state index in [1.54, 1.807) is 11.3 Å². The van der Waals surface area contributed by atoms with Crippen LogP contribution in [0.5, 0.6) is 0 Å². The largest absolute Gasteiger partial charge is 0.302 e. The number of benzene rings is 1. The molecule has 3 rings (SSSR count). The fraction of sp³-hybridized carbons (Fsp3) is 0.421. The predicted molar refractivity (Wildman–Crippen MR) is 118 cm³/mol. The number of para-hydroxylation sites is 1. The van der Waals surface area contributed by atoms with Gasteiger partial charge in [-0.2, -0.15) is 0 Å². The number of amides is 1. The summed E-state index contributed by atoms with van der Waals surface area (Å²) in [5.41, 5.74) is 1.73. The molecule has 0 saturated heterocycles. The standard InChI is InChI=1S/C19H24N4OS2.ClH/c1-5-22(6-2)11-12-23(18(24)17-13(3)20-14(4)25-17)19-21-15-9-7-8-10-16(15)26-19;/h7-10H,5-6,11-12H2,1-4H3;1H. The molecule has 2 aromatic heterocycles. The topological polar surface area (TPSA) is 49.3 Å². The van der Waals surface area contributed by atoms with Gasteiger partial charge in [0.05, 0.1) is 20.9 Å². The van der Waals surface area contributed by atoms with E-state index in [-0.39, 0.29) is 18.3 Å². The Balaban J connectivity index is 0.00000261. The highest BCUT2D eigenvalue weighted by atomic mass is 35.5. The van der Waals surface area contributed by atoms with E-state index in [1.807, 2.05) is 43.0 Å². The Morgan fingerprint density at radius 3 is 2.33 bits per heavy atom. The van der Waals surface area contributed by atoms with Crippen LogP contribution in [0, 0.1) is 13.8 Å². The second-order valence-corrected chi connectivity index (χ2v) is 8.31. The van der Waals surface area contributed by atoms with Gasteiger partial charge in [-0.15, -0.1) is 23.7 Å². The van der Waals surface area contributed by atoms with Crippen LogP contribution in [0.4, 0.5) is 5.13 Å². The van der Waals surface area contributed by atoms with Crippen molar-refractivity contribution in [3.05, 3.63) is 39.8 Å². The smallest absolute Gasteiger partial charge is 0.272 e. The number of anilines is 1. The summed E-state index contributed by atoms with van der Waals surface area (Å²) in [5, 5.41) is 1.67. The van der Waals surface area contributed by atoms with Crippen molar-refractivity contribution >= 4 is 56.3 Å². The second-order valence-electron chi connectivity index (χ2n) is 6.10. The minimum atomic E-state index is -0.000637. The van der Waals surface area contributed by atoms with Gasteiger partial charge in [-0.25, -0.2) is 9.97 Å². The Hall–Kier alpha value is -1.54. The van der Waals surface area contributed by atoms with E-state index >= 15 is 0 Å². The third-order valence-corrected chi connectivity index (χ3v) is 6.51. The minimum absolute atomic E-state index is 0. The number of rotatable bonds is 7. The van der Waals surface area contributed by atoms with Gasteiger partial charge >= 0.3 is 0 Å². The van der Waals surface area contributed by atoms with Gasteiger partial charge in [-0.3, -0.25) is 9.69 Å². The lowest BCUT2D eigenvalue weighted by atomic mass is 10.3. The van der Waals surface area contributed by atoms with Crippen LogP contribution in [0.2, 0.25) is 0 Å². The van der Waals surface area contributed by atoms with Gasteiger partial charge in [0.2, 0.25) is 0 Å². The highest BCUT2D eigenvalue weighted by molar-refractivity contribution is 7.22. The van der Waals surface area contributed by atoms with E-state index in [1.165, 1.54) is 11.3 Å². The molecule has 0 aliphatic rings. The third kappa shape index (κ3) is 4.85. The van der Waals surface area contributed by atoms with E-state index < -0.39 is 0 Å². The first-order valence-electron chi connectivity index (χ1n) is 8.87. The van der Waals surface area contributed by atoms with Crippen LogP contribution in [-0.2, 0) is 0 Å². The molecule has 1 aromatic carbocycles. The summed E-state index contributed by atoms with van der Waals surface area (Å²) < 4.78 is 1.10. The molecule has 0 atom stereocenters. The van der Waals surface area contributed by atoms with E-state index in [2.05, 4.69) is 23.7 Å². The monoisotopic (exact) mass is 424 g/mol. The van der Waals surface area contributed by atoms with Gasteiger partial charge in [0.1, 0.15) is 4.88 Å². The number of nitrogens with zero attached hydrogens (tertiary/aromatic N) is 4. The number of aromatic nitrogens is 2. The summed E-state index contributed by atoms with van der Waals surface area (Å²) in [4.78, 5) is 27.3. The molecule has 0 bridgehead atoms. The summed E-state index contributed by atoms with van der Waals surface area (Å²) in [6.45, 7) is 11.5. The first-order chi connectivity index (χ1) is 12.5. The number of carbonyl (C=O) groups is 1. The van der Waals surface area contributed by atoms with Crippen molar-refractivity contribution in [1.29, 1.82) is 0 Å². The van der Waals surface area contributed by atoms with Gasteiger partial charge < -0.3 is 4.90 Å². The Bertz CT molecular complexity index is 871. The van der Waals surface area contributed by atoms with Crippen molar-refractivity contribution in [2.24, 2.45) is 0 Å². The number of thiazole rings is 2. The van der Waals surface area contributed by atoms with Crippen LogP contribution in [0.1, 0.15) is 34.2 Å². The van der Waals surface area contributed by atoms with Gasteiger partial charge in [0.25, 0.3) is 5.91 Å². The zero-order valence-corrected chi connectivity index (χ0v) is 18.5. The first kappa shape index (κ1) is 21.8. The van der Waals surface area contributed by atoms with E-state index in [0.29, 0.717) is 11.4 Å². The average Bonchev–Trinajstić information content (AvgIpc) is 3.20. The molecule has 8 heteroatoms. The molecular formula is C19H25ClN4OS2. The molecule has 0 unspecified atom stereocenters. The molecule has 27 heavy (non-hydrogen) atoms. The Kier molecular flexibility index (Phi) is 7.73. The van der Waals surface area contributed by atoms with Crippen LogP contribution in [0.15, 0.2) is 24.3 Å². The molecule has 0 saturated carbocycles. The molecule has 146 valence electrons. The van der Waals surface area contributed by atoms with Gasteiger partial charge in [-0.05, 0) is 39.1 Å². The number of hydrogen-bond donors (Lipinski definition) is 0. The zero-order valence-electron chi connectivity index (χ0n) is 16.1. The second kappa shape index (κ2) is 9.59. The summed E-state index contributed by atoms with van der Waals surface area (Å²) in [7, 11) is 0. The summed E-state index contributed by atoms with van der Waals surface area (Å²) in [6, 6.07) is 8.02. The van der Waals surface area contributed by atoms with E-state index in [9.17, 15) is 4.79 Å². The molecule has 0 radical (unpaired) electrons. The molecule has 2 heterocycles. The van der Waals surface area contributed by atoms with Crippen LogP contribution in [-0.4, -0.2) is 47.0 Å². The summed E-state index contributed by atoms with van der Waals surface area (Å²) >= 11 is 3.03.